The topological polar surface area (TPSA) is 8.17 Å². The quantitative estimate of drug-likeness (QED) is 0.167. The first-order valence-corrected chi connectivity index (χ1v) is 19.3. The van der Waals surface area contributed by atoms with Crippen molar-refractivity contribution in [3.05, 3.63) is 204 Å². The lowest BCUT2D eigenvalue weighted by molar-refractivity contribution is 0.660. The maximum Gasteiger partial charge on any atom is 0.0541 e. The molecule has 0 amide bonds. The molecular formula is C53H42N2. The van der Waals surface area contributed by atoms with Gasteiger partial charge < -0.3 is 9.47 Å². The molecule has 0 saturated heterocycles. The van der Waals surface area contributed by atoms with Crippen LogP contribution in [0.2, 0.25) is 0 Å². The second-order valence-electron chi connectivity index (χ2n) is 15.6. The van der Waals surface area contributed by atoms with Crippen molar-refractivity contribution in [3.63, 3.8) is 0 Å². The molecule has 55 heavy (non-hydrogen) atoms. The third-order valence-corrected chi connectivity index (χ3v) is 11.6. The molecule has 1 aliphatic rings. The zero-order chi connectivity index (χ0) is 37.3. The minimum atomic E-state index is -0.197. The monoisotopic (exact) mass is 706 g/mol. The van der Waals surface area contributed by atoms with Crippen LogP contribution in [0.5, 0.6) is 0 Å². The Morgan fingerprint density at radius 3 is 1.62 bits per heavy atom. The van der Waals surface area contributed by atoms with Crippen molar-refractivity contribution >= 4 is 38.9 Å². The summed E-state index contributed by atoms with van der Waals surface area (Å²) in [5.74, 6) is 0. The molecule has 0 aliphatic heterocycles. The van der Waals surface area contributed by atoms with E-state index in [4.69, 9.17) is 0 Å². The molecule has 0 radical (unpaired) electrons. The SMILES string of the molecule is Cc1cc(C)cc(-c2ccc(-c3cccc(N(c4ccccc4)c4ccc5c(c4)C(C)(C)c4cc(-n6c7ccccc7c7ccccc76)ccc4-5)c3)cc2)c1. The van der Waals surface area contributed by atoms with Gasteiger partial charge >= 0.3 is 0 Å². The predicted octanol–water partition coefficient (Wildman–Crippen LogP) is 14.5. The lowest BCUT2D eigenvalue weighted by Crippen LogP contribution is -2.17. The summed E-state index contributed by atoms with van der Waals surface area (Å²) in [5, 5.41) is 2.57. The fourth-order valence-electron chi connectivity index (χ4n) is 9.04. The van der Waals surface area contributed by atoms with E-state index < -0.39 is 0 Å². The van der Waals surface area contributed by atoms with Gasteiger partial charge in [0.05, 0.1) is 11.0 Å². The fourth-order valence-corrected chi connectivity index (χ4v) is 9.04. The van der Waals surface area contributed by atoms with E-state index in [0.29, 0.717) is 0 Å². The number of aromatic nitrogens is 1. The van der Waals surface area contributed by atoms with E-state index in [-0.39, 0.29) is 5.41 Å². The van der Waals surface area contributed by atoms with E-state index >= 15 is 0 Å². The van der Waals surface area contributed by atoms with Crippen LogP contribution >= 0.6 is 0 Å². The molecular weight excluding hydrogens is 665 g/mol. The van der Waals surface area contributed by atoms with Crippen LogP contribution in [-0.2, 0) is 5.41 Å². The Morgan fingerprint density at radius 2 is 0.945 bits per heavy atom. The van der Waals surface area contributed by atoms with E-state index in [9.17, 15) is 0 Å². The van der Waals surface area contributed by atoms with E-state index in [0.717, 1.165) is 17.1 Å². The van der Waals surface area contributed by atoms with Crippen molar-refractivity contribution in [2.24, 2.45) is 0 Å². The van der Waals surface area contributed by atoms with Crippen LogP contribution < -0.4 is 4.90 Å². The van der Waals surface area contributed by atoms with Gasteiger partial charge in [-0.05, 0) is 119 Å². The van der Waals surface area contributed by atoms with E-state index in [1.807, 2.05) is 0 Å². The van der Waals surface area contributed by atoms with Gasteiger partial charge in [-0.2, -0.15) is 0 Å². The molecule has 264 valence electrons. The summed E-state index contributed by atoms with van der Waals surface area (Å²) in [6, 6.07) is 67.1. The molecule has 10 rings (SSSR count). The number of para-hydroxylation sites is 3. The minimum Gasteiger partial charge on any atom is -0.310 e. The molecule has 0 fully saturated rings. The summed E-state index contributed by atoms with van der Waals surface area (Å²) in [6.45, 7) is 9.09. The summed E-state index contributed by atoms with van der Waals surface area (Å²) in [5.41, 5.74) is 19.7. The smallest absolute Gasteiger partial charge is 0.0541 e. The van der Waals surface area contributed by atoms with Crippen molar-refractivity contribution in [1.82, 2.24) is 4.57 Å². The summed E-state index contributed by atoms with van der Waals surface area (Å²) < 4.78 is 2.43. The molecule has 0 bridgehead atoms. The summed E-state index contributed by atoms with van der Waals surface area (Å²) >= 11 is 0. The average molecular weight is 707 g/mol. The second kappa shape index (κ2) is 12.7. The first-order valence-electron chi connectivity index (χ1n) is 19.3. The van der Waals surface area contributed by atoms with Crippen LogP contribution in [-0.4, -0.2) is 4.57 Å². The normalized spacial score (nSPS) is 12.9. The number of nitrogens with zero attached hydrogens (tertiary/aromatic N) is 2. The molecule has 2 nitrogen and oxygen atoms in total. The number of rotatable bonds is 6. The van der Waals surface area contributed by atoms with Crippen LogP contribution in [0.1, 0.15) is 36.1 Å². The maximum absolute atomic E-state index is 2.43. The van der Waals surface area contributed by atoms with E-state index in [1.165, 1.54) is 83.1 Å². The predicted molar refractivity (Wildman–Crippen MR) is 233 cm³/mol. The number of benzene rings is 8. The van der Waals surface area contributed by atoms with Crippen molar-refractivity contribution in [1.29, 1.82) is 0 Å². The summed E-state index contributed by atoms with van der Waals surface area (Å²) in [6.07, 6.45) is 0. The molecule has 2 heteroatoms. The zero-order valence-electron chi connectivity index (χ0n) is 31.7. The average Bonchev–Trinajstić information content (AvgIpc) is 3.66. The molecule has 1 aromatic heterocycles. The lowest BCUT2D eigenvalue weighted by atomic mass is 9.82. The highest BCUT2D eigenvalue weighted by atomic mass is 15.1. The summed E-state index contributed by atoms with van der Waals surface area (Å²) in [4.78, 5) is 2.40. The summed E-state index contributed by atoms with van der Waals surface area (Å²) in [7, 11) is 0. The highest BCUT2D eigenvalue weighted by Crippen LogP contribution is 2.51. The van der Waals surface area contributed by atoms with Crippen molar-refractivity contribution < 1.29 is 0 Å². The molecule has 1 aliphatic carbocycles. The van der Waals surface area contributed by atoms with Crippen LogP contribution in [0, 0.1) is 13.8 Å². The Labute approximate surface area is 323 Å². The highest BCUT2D eigenvalue weighted by Gasteiger charge is 2.36. The van der Waals surface area contributed by atoms with Gasteiger partial charge in [0.15, 0.2) is 0 Å². The molecule has 1 heterocycles. The van der Waals surface area contributed by atoms with Crippen LogP contribution in [0.25, 0.3) is 60.9 Å². The van der Waals surface area contributed by atoms with Gasteiger partial charge in [-0.1, -0.05) is 146 Å². The standard InChI is InChI=1S/C53H42N2/c1-35-29-36(2)31-40(30-35)38-23-21-37(22-24-38)39-13-12-16-42(32-39)54(41-14-6-5-7-15-41)43-25-27-45-46-28-26-44(34-50(46)53(3,4)49(45)33-43)55-51-19-10-8-17-47(51)48-18-9-11-20-52(48)55/h5-34H,1-4H3. The van der Waals surface area contributed by atoms with Crippen LogP contribution in [0.4, 0.5) is 17.1 Å². The lowest BCUT2D eigenvalue weighted by Gasteiger charge is -2.28. The van der Waals surface area contributed by atoms with Gasteiger partial charge in [0, 0.05) is 38.9 Å². The van der Waals surface area contributed by atoms with Gasteiger partial charge in [-0.25, -0.2) is 0 Å². The van der Waals surface area contributed by atoms with Crippen LogP contribution in [0.15, 0.2) is 182 Å². The number of fused-ring (bicyclic) bond motifs is 6. The van der Waals surface area contributed by atoms with Gasteiger partial charge in [-0.15, -0.1) is 0 Å². The molecule has 0 saturated carbocycles. The third kappa shape index (κ3) is 5.48. The third-order valence-electron chi connectivity index (χ3n) is 11.6. The molecule has 8 aromatic carbocycles. The van der Waals surface area contributed by atoms with Gasteiger partial charge in [0.2, 0.25) is 0 Å². The first-order chi connectivity index (χ1) is 26.8. The second-order valence-corrected chi connectivity index (χ2v) is 15.6. The Bertz CT molecular complexity index is 2840. The maximum atomic E-state index is 2.43. The Balaban J connectivity index is 1.04. The fraction of sp³-hybridized carbons (Fsp3) is 0.0943. The number of hydrogen-bond donors (Lipinski definition) is 0. The number of aryl methyl sites for hydroxylation is 2. The Kier molecular flexibility index (Phi) is 7.64. The molecule has 0 spiro atoms. The van der Waals surface area contributed by atoms with Crippen molar-refractivity contribution in [2.75, 3.05) is 4.90 Å². The van der Waals surface area contributed by atoms with Gasteiger partial charge in [-0.3, -0.25) is 0 Å². The van der Waals surface area contributed by atoms with Gasteiger partial charge in [0.1, 0.15) is 0 Å². The van der Waals surface area contributed by atoms with E-state index in [2.05, 4.69) is 219 Å². The number of anilines is 3. The van der Waals surface area contributed by atoms with E-state index in [1.54, 1.807) is 0 Å². The Morgan fingerprint density at radius 1 is 0.400 bits per heavy atom. The van der Waals surface area contributed by atoms with Crippen molar-refractivity contribution in [2.45, 2.75) is 33.1 Å². The number of hydrogen-bond acceptors (Lipinski definition) is 1. The largest absolute Gasteiger partial charge is 0.310 e. The molecule has 0 unspecified atom stereocenters. The first kappa shape index (κ1) is 33.0. The van der Waals surface area contributed by atoms with Crippen LogP contribution in [0.3, 0.4) is 0 Å². The highest BCUT2D eigenvalue weighted by molar-refractivity contribution is 6.09. The minimum absolute atomic E-state index is 0.197. The van der Waals surface area contributed by atoms with Gasteiger partial charge in [0.25, 0.3) is 0 Å². The molecule has 0 atom stereocenters. The zero-order valence-corrected chi connectivity index (χ0v) is 31.7. The molecule has 9 aromatic rings. The Hall–Kier alpha value is -6.64. The van der Waals surface area contributed by atoms with Crippen molar-refractivity contribution in [3.8, 4) is 39.1 Å². The molecule has 0 N–H and O–H groups in total.